The Labute approximate surface area is 120 Å². The van der Waals surface area contributed by atoms with E-state index in [1.807, 2.05) is 0 Å². The minimum Gasteiger partial charge on any atom is -0.748 e. The van der Waals surface area contributed by atoms with E-state index in [1.165, 1.54) is 12.1 Å². The summed E-state index contributed by atoms with van der Waals surface area (Å²) in [6, 6.07) is 2.84. The molecule has 0 aromatic heterocycles. The van der Waals surface area contributed by atoms with Crippen LogP contribution in [0.3, 0.4) is 0 Å². The maximum Gasteiger partial charge on any atom is 0.342 e. The molecule has 0 atom stereocenters. The quantitative estimate of drug-likeness (QED) is 0.606. The van der Waals surface area contributed by atoms with Crippen LogP contribution in [0.4, 0.5) is 0 Å². The first-order valence-electron chi connectivity index (χ1n) is 4.49. The van der Waals surface area contributed by atoms with Gasteiger partial charge in [0.25, 0.3) is 0 Å². The lowest BCUT2D eigenvalue weighted by Gasteiger charge is -2.09. The molecule has 0 heterocycles. The molecule has 0 unspecified atom stereocenters. The average Bonchev–Trinajstić information content (AvgIpc) is 2.21. The predicted molar refractivity (Wildman–Crippen MR) is 68.4 cm³/mol. The fourth-order valence-corrected chi connectivity index (χ4v) is 2.55. The summed E-state index contributed by atoms with van der Waals surface area (Å²) in [6.45, 7) is -0.561. The second-order valence-electron chi connectivity index (χ2n) is 3.18. The summed E-state index contributed by atoms with van der Waals surface area (Å²) in [7, 11) is -4.44. The number of benzene rings is 1. The number of phenolic OH excluding ortho intramolecular Hbond substituents is 1. The van der Waals surface area contributed by atoms with Crippen LogP contribution in [-0.4, -0.2) is 36.4 Å². The van der Waals surface area contributed by atoms with Crippen molar-refractivity contribution in [1.29, 1.82) is 0 Å². The van der Waals surface area contributed by atoms with Crippen LogP contribution >= 0.6 is 31.9 Å². The lowest BCUT2D eigenvalue weighted by atomic mass is 10.2. The van der Waals surface area contributed by atoms with E-state index in [-0.39, 0.29) is 15.8 Å². The van der Waals surface area contributed by atoms with E-state index >= 15 is 0 Å². The van der Waals surface area contributed by atoms with E-state index in [0.29, 0.717) is 4.47 Å². The van der Waals surface area contributed by atoms with Crippen molar-refractivity contribution in [3.63, 3.8) is 0 Å². The summed E-state index contributed by atoms with van der Waals surface area (Å²) in [4.78, 5) is 11.5. The molecule has 0 saturated heterocycles. The first-order valence-corrected chi connectivity index (χ1v) is 7.66. The Balaban J connectivity index is 2.79. The van der Waals surface area contributed by atoms with Gasteiger partial charge in [0.2, 0.25) is 0 Å². The van der Waals surface area contributed by atoms with Crippen molar-refractivity contribution in [2.24, 2.45) is 0 Å². The van der Waals surface area contributed by atoms with Crippen molar-refractivity contribution in [3.8, 4) is 5.75 Å². The van der Waals surface area contributed by atoms with Crippen molar-refractivity contribution < 1.29 is 27.6 Å². The molecule has 0 radical (unpaired) electrons. The summed E-state index contributed by atoms with van der Waals surface area (Å²) in [5, 5.41) is 9.60. The zero-order valence-corrected chi connectivity index (χ0v) is 12.7. The van der Waals surface area contributed by atoms with Crippen LogP contribution < -0.4 is 0 Å². The number of carbonyl (C=O) groups excluding carboxylic acids is 1. The van der Waals surface area contributed by atoms with Gasteiger partial charge in [-0.15, -0.1) is 0 Å². The third-order valence-electron chi connectivity index (χ3n) is 1.81. The Morgan fingerprint density at radius 2 is 2.00 bits per heavy atom. The van der Waals surface area contributed by atoms with Gasteiger partial charge in [0.05, 0.1) is 20.3 Å². The van der Waals surface area contributed by atoms with Gasteiger partial charge in [-0.1, -0.05) is 15.9 Å². The number of aromatic hydroxyl groups is 1. The Kier molecular flexibility index (Phi) is 5.14. The second-order valence-corrected chi connectivity index (χ2v) is 6.48. The third-order valence-corrected chi connectivity index (χ3v) is 3.54. The Morgan fingerprint density at radius 3 is 2.56 bits per heavy atom. The number of hydrogen-bond donors (Lipinski definition) is 1. The van der Waals surface area contributed by atoms with Crippen molar-refractivity contribution in [3.05, 3.63) is 26.6 Å². The van der Waals surface area contributed by atoms with Gasteiger partial charge < -0.3 is 14.4 Å². The second kappa shape index (κ2) is 6.00. The Bertz CT molecular complexity index is 569. The molecule has 1 aromatic rings. The van der Waals surface area contributed by atoms with Crippen molar-refractivity contribution >= 4 is 47.9 Å². The number of phenols is 1. The molecule has 1 aromatic carbocycles. The minimum absolute atomic E-state index is 0.139. The van der Waals surface area contributed by atoms with E-state index in [4.69, 9.17) is 0 Å². The number of rotatable bonds is 4. The largest absolute Gasteiger partial charge is 0.748 e. The highest BCUT2D eigenvalue weighted by Crippen LogP contribution is 2.32. The van der Waals surface area contributed by atoms with Crippen LogP contribution in [0.2, 0.25) is 0 Å². The Hall–Kier alpha value is -0.640. The summed E-state index contributed by atoms with van der Waals surface area (Å²) in [5.41, 5.74) is -0.139. The molecule has 0 bridgehead atoms. The maximum atomic E-state index is 11.5. The van der Waals surface area contributed by atoms with Gasteiger partial charge in [-0.3, -0.25) is 0 Å². The number of esters is 1. The number of hydrogen-bond acceptors (Lipinski definition) is 6. The van der Waals surface area contributed by atoms with Crippen LogP contribution in [0.5, 0.6) is 5.75 Å². The molecular weight excluding hydrogens is 396 g/mol. The molecule has 1 rings (SSSR count). The fraction of sp³-hybridized carbons (Fsp3) is 0.222. The van der Waals surface area contributed by atoms with E-state index < -0.39 is 28.4 Å². The van der Waals surface area contributed by atoms with Crippen LogP contribution in [0.25, 0.3) is 0 Å². The van der Waals surface area contributed by atoms with Gasteiger partial charge in [0, 0.05) is 4.47 Å². The van der Waals surface area contributed by atoms with E-state index in [1.54, 1.807) is 0 Å². The average molecular weight is 403 g/mol. The van der Waals surface area contributed by atoms with Gasteiger partial charge in [0.15, 0.2) is 0 Å². The normalized spacial score (nSPS) is 11.3. The molecule has 0 amide bonds. The molecule has 9 heteroatoms. The topological polar surface area (TPSA) is 104 Å². The first-order chi connectivity index (χ1) is 8.20. The molecule has 0 aliphatic heterocycles. The first kappa shape index (κ1) is 15.4. The van der Waals surface area contributed by atoms with Gasteiger partial charge in [-0.25, -0.2) is 13.2 Å². The van der Waals surface area contributed by atoms with Crippen LogP contribution in [0.1, 0.15) is 10.4 Å². The summed E-state index contributed by atoms with van der Waals surface area (Å²) in [5.74, 6) is -2.05. The Morgan fingerprint density at radius 1 is 1.39 bits per heavy atom. The fourth-order valence-electron chi connectivity index (χ4n) is 1.04. The highest BCUT2D eigenvalue weighted by atomic mass is 79.9. The van der Waals surface area contributed by atoms with Crippen LogP contribution in [0, 0.1) is 0 Å². The smallest absolute Gasteiger partial charge is 0.342 e. The van der Waals surface area contributed by atoms with E-state index in [0.717, 1.165) is 0 Å². The summed E-state index contributed by atoms with van der Waals surface area (Å²) < 4.78 is 36.3. The highest BCUT2D eigenvalue weighted by molar-refractivity contribution is 9.11. The molecule has 0 saturated carbocycles. The minimum atomic E-state index is -4.44. The summed E-state index contributed by atoms with van der Waals surface area (Å²) in [6.07, 6.45) is 0. The highest BCUT2D eigenvalue weighted by Gasteiger charge is 2.16. The van der Waals surface area contributed by atoms with Gasteiger partial charge in [-0.2, -0.15) is 0 Å². The van der Waals surface area contributed by atoms with E-state index in [2.05, 4.69) is 36.6 Å². The standard InChI is InChI=1S/C9H8Br2O6S/c10-5-3-6(8(12)7(11)4-5)9(13)17-1-2-18(14,15)16/h3-4,12H,1-2H2,(H,14,15,16)/p-1. The molecule has 0 fully saturated rings. The SMILES string of the molecule is O=C(OCCS(=O)(=O)[O-])c1cc(Br)cc(Br)c1O. The lowest BCUT2D eigenvalue weighted by molar-refractivity contribution is 0.0524. The molecule has 100 valence electrons. The molecule has 6 nitrogen and oxygen atoms in total. The zero-order valence-electron chi connectivity index (χ0n) is 8.72. The molecule has 0 spiro atoms. The maximum absolute atomic E-state index is 11.5. The molecule has 18 heavy (non-hydrogen) atoms. The van der Waals surface area contributed by atoms with Crippen LogP contribution in [0.15, 0.2) is 21.1 Å². The van der Waals surface area contributed by atoms with Crippen molar-refractivity contribution in [2.45, 2.75) is 0 Å². The number of carbonyl (C=O) groups is 1. The lowest BCUT2D eigenvalue weighted by Crippen LogP contribution is -2.15. The van der Waals surface area contributed by atoms with Crippen LogP contribution in [-0.2, 0) is 14.9 Å². The van der Waals surface area contributed by atoms with Gasteiger partial charge >= 0.3 is 5.97 Å². The van der Waals surface area contributed by atoms with Gasteiger partial charge in [0.1, 0.15) is 17.9 Å². The van der Waals surface area contributed by atoms with Crippen molar-refractivity contribution in [2.75, 3.05) is 12.4 Å². The molecule has 0 aliphatic carbocycles. The van der Waals surface area contributed by atoms with Crippen molar-refractivity contribution in [1.82, 2.24) is 0 Å². The molecule has 0 aliphatic rings. The number of ether oxygens (including phenoxy) is 1. The molecule has 1 N–H and O–H groups in total. The number of halogens is 2. The predicted octanol–water partition coefficient (Wildman–Crippen LogP) is 1.62. The van der Waals surface area contributed by atoms with E-state index in [9.17, 15) is 22.9 Å². The summed E-state index contributed by atoms with van der Waals surface area (Å²) >= 11 is 6.15. The van der Waals surface area contributed by atoms with Gasteiger partial charge in [-0.05, 0) is 28.1 Å². The third kappa shape index (κ3) is 4.56. The molecular formula is C9H7Br2O6S-. The monoisotopic (exact) mass is 401 g/mol. The zero-order chi connectivity index (χ0) is 13.9.